The number of carboxylic acids is 1. The van der Waals surface area contributed by atoms with Crippen LogP contribution in [0.4, 0.5) is 20.6 Å². The molecule has 0 spiro atoms. The summed E-state index contributed by atoms with van der Waals surface area (Å²) < 4.78 is 45.8. The molecule has 46 heavy (non-hydrogen) atoms. The first-order valence-corrected chi connectivity index (χ1v) is 16.1. The van der Waals surface area contributed by atoms with Crippen LogP contribution < -0.4 is 21.5 Å². The minimum absolute atomic E-state index is 0.0237. The number of amides is 1. The molecule has 14 heteroatoms. The third-order valence-corrected chi connectivity index (χ3v) is 10.2. The first-order valence-electron chi connectivity index (χ1n) is 14.6. The van der Waals surface area contributed by atoms with E-state index in [1.807, 2.05) is 0 Å². The van der Waals surface area contributed by atoms with Gasteiger partial charge in [0.1, 0.15) is 5.82 Å². The van der Waals surface area contributed by atoms with Crippen molar-refractivity contribution in [3.05, 3.63) is 92.8 Å². The molecule has 0 bridgehead atoms. The Morgan fingerprint density at radius 3 is 2.50 bits per heavy atom. The monoisotopic (exact) mass is 651 g/mol. The van der Waals surface area contributed by atoms with Crippen LogP contribution in [0.5, 0.6) is 0 Å². The Labute approximate surface area is 264 Å². The number of H-pyrrole nitrogens is 1. The lowest BCUT2D eigenvalue weighted by atomic mass is 9.94. The third-order valence-electron chi connectivity index (χ3n) is 7.86. The lowest BCUT2D eigenvalue weighted by Gasteiger charge is -2.20. The van der Waals surface area contributed by atoms with Gasteiger partial charge >= 0.3 is 12.1 Å². The van der Waals surface area contributed by atoms with Crippen LogP contribution >= 0.6 is 0 Å². The fourth-order valence-corrected chi connectivity index (χ4v) is 7.32. The molecule has 1 saturated carbocycles. The van der Waals surface area contributed by atoms with E-state index in [9.17, 15) is 32.3 Å². The van der Waals surface area contributed by atoms with E-state index in [4.69, 9.17) is 4.74 Å². The standard InChI is InChI=1S/C32H34FN5O7S/c1-17-10-19(29(31(40)41)38-27-13-24-26(14-25(27)33)35-16-36-30(24)39)11-18(2)23(17)8-9-45-32(42)37-21-4-7-28(20(12-21)15-34-3)46(43,44)22-5-6-22/h4,7,10-14,16,22,29,34,38H,5-6,8-9,15H2,1-3H3,(H,37,42)(H,40,41)(H,35,36,39). The van der Waals surface area contributed by atoms with Crippen LogP contribution in [-0.4, -0.2) is 54.5 Å². The summed E-state index contributed by atoms with van der Waals surface area (Å²) in [6.07, 6.45) is 2.10. The molecule has 5 rings (SSSR count). The second-order valence-electron chi connectivity index (χ2n) is 11.2. The number of hydrogen-bond acceptors (Lipinski definition) is 9. The Kier molecular flexibility index (Phi) is 9.39. The molecule has 3 aromatic carbocycles. The second-order valence-corrected chi connectivity index (χ2v) is 13.4. The number of aliphatic carboxylic acids is 1. The molecule has 1 fully saturated rings. The maximum absolute atomic E-state index is 14.8. The zero-order valence-electron chi connectivity index (χ0n) is 25.4. The number of halogens is 1. The second kappa shape index (κ2) is 13.3. The number of aryl methyl sites for hydroxylation is 2. The molecular weight excluding hydrogens is 617 g/mol. The summed E-state index contributed by atoms with van der Waals surface area (Å²) >= 11 is 0. The Morgan fingerprint density at radius 2 is 1.85 bits per heavy atom. The van der Waals surface area contributed by atoms with Crippen molar-refractivity contribution < 1.29 is 32.2 Å². The number of benzene rings is 3. The van der Waals surface area contributed by atoms with Crippen LogP contribution in [0.1, 0.15) is 46.7 Å². The van der Waals surface area contributed by atoms with Crippen LogP contribution in [0.25, 0.3) is 10.9 Å². The largest absolute Gasteiger partial charge is 0.479 e. The van der Waals surface area contributed by atoms with Crippen molar-refractivity contribution in [2.45, 2.75) is 55.8 Å². The van der Waals surface area contributed by atoms with E-state index in [1.165, 1.54) is 18.2 Å². The zero-order chi connectivity index (χ0) is 33.2. The number of sulfone groups is 1. The van der Waals surface area contributed by atoms with Gasteiger partial charge < -0.3 is 25.5 Å². The summed E-state index contributed by atoms with van der Waals surface area (Å²) in [6.45, 7) is 3.93. The number of rotatable bonds is 12. The van der Waals surface area contributed by atoms with Crippen molar-refractivity contribution in [3.8, 4) is 0 Å². The Hall–Kier alpha value is -4.82. The lowest BCUT2D eigenvalue weighted by Crippen LogP contribution is -2.22. The molecule has 1 amide bonds. The molecule has 0 saturated heterocycles. The van der Waals surface area contributed by atoms with Crippen molar-refractivity contribution in [1.82, 2.24) is 15.3 Å². The van der Waals surface area contributed by atoms with Crippen molar-refractivity contribution in [1.29, 1.82) is 0 Å². The van der Waals surface area contributed by atoms with Gasteiger partial charge in [0.05, 0.1) is 39.7 Å². The Balaban J connectivity index is 1.25. The maximum atomic E-state index is 14.8. The van der Waals surface area contributed by atoms with Gasteiger partial charge in [-0.05, 0) is 85.8 Å². The number of aromatic amines is 1. The number of nitrogens with zero attached hydrogens (tertiary/aromatic N) is 1. The van der Waals surface area contributed by atoms with Crippen molar-refractivity contribution in [2.24, 2.45) is 0 Å². The average molecular weight is 652 g/mol. The highest BCUT2D eigenvalue weighted by molar-refractivity contribution is 7.92. The van der Waals surface area contributed by atoms with Crippen molar-refractivity contribution >= 4 is 44.2 Å². The molecular formula is C32H34FN5O7S. The number of hydrogen-bond donors (Lipinski definition) is 5. The molecule has 1 aliphatic carbocycles. The number of ether oxygens (including phenoxy) is 1. The van der Waals surface area contributed by atoms with Gasteiger partial charge in [0.2, 0.25) is 0 Å². The van der Waals surface area contributed by atoms with Crippen LogP contribution in [0.3, 0.4) is 0 Å². The van der Waals surface area contributed by atoms with Gasteiger partial charge in [0.15, 0.2) is 15.9 Å². The highest BCUT2D eigenvalue weighted by atomic mass is 32.2. The fourth-order valence-electron chi connectivity index (χ4n) is 5.45. The first-order chi connectivity index (χ1) is 21.9. The van der Waals surface area contributed by atoms with E-state index < -0.39 is 39.3 Å². The predicted molar refractivity (Wildman–Crippen MR) is 170 cm³/mol. The Bertz CT molecular complexity index is 1970. The molecule has 242 valence electrons. The quantitative estimate of drug-likeness (QED) is 0.148. The molecule has 1 unspecified atom stereocenters. The van der Waals surface area contributed by atoms with Crippen molar-refractivity contribution in [3.63, 3.8) is 0 Å². The molecule has 5 N–H and O–H groups in total. The summed E-state index contributed by atoms with van der Waals surface area (Å²) in [5, 5.41) is 18.1. The van der Waals surface area contributed by atoms with Crippen LogP contribution in [0, 0.1) is 19.7 Å². The Morgan fingerprint density at radius 1 is 1.13 bits per heavy atom. The van der Waals surface area contributed by atoms with Gasteiger partial charge in [-0.15, -0.1) is 0 Å². The number of carbonyl (C=O) groups is 2. The molecule has 4 aromatic rings. The fraction of sp³-hybridized carbons (Fsp3) is 0.312. The summed E-state index contributed by atoms with van der Waals surface area (Å²) in [5.74, 6) is -2.00. The number of aromatic nitrogens is 2. The lowest BCUT2D eigenvalue weighted by molar-refractivity contribution is -0.138. The summed E-state index contributed by atoms with van der Waals surface area (Å²) in [4.78, 5) is 43.6. The van der Waals surface area contributed by atoms with Crippen molar-refractivity contribution in [2.75, 3.05) is 24.3 Å². The van der Waals surface area contributed by atoms with E-state index in [2.05, 4.69) is 25.9 Å². The van der Waals surface area contributed by atoms with Gasteiger partial charge in [-0.3, -0.25) is 10.1 Å². The highest BCUT2D eigenvalue weighted by Crippen LogP contribution is 2.36. The molecule has 12 nitrogen and oxygen atoms in total. The minimum atomic E-state index is -3.41. The van der Waals surface area contributed by atoms with Gasteiger partial charge in [0, 0.05) is 24.7 Å². The normalized spacial score (nSPS) is 13.7. The average Bonchev–Trinajstić information content (AvgIpc) is 3.84. The van der Waals surface area contributed by atoms with Crippen LogP contribution in [-0.2, 0) is 32.3 Å². The van der Waals surface area contributed by atoms with E-state index in [-0.39, 0.29) is 33.3 Å². The number of carbonyl (C=O) groups excluding carboxylic acids is 1. The minimum Gasteiger partial charge on any atom is -0.479 e. The molecule has 1 aliphatic rings. The molecule has 0 radical (unpaired) electrons. The molecule has 1 aromatic heterocycles. The number of carboxylic acid groups (broad SMARTS) is 1. The number of anilines is 2. The van der Waals surface area contributed by atoms with Gasteiger partial charge in [-0.1, -0.05) is 12.1 Å². The van der Waals surface area contributed by atoms with Gasteiger partial charge in [-0.2, -0.15) is 0 Å². The molecule has 1 atom stereocenters. The van der Waals surface area contributed by atoms with Gasteiger partial charge in [-0.25, -0.2) is 27.4 Å². The first kappa shape index (κ1) is 32.6. The van der Waals surface area contributed by atoms with Gasteiger partial charge in [0.25, 0.3) is 5.56 Å². The number of fused-ring (bicyclic) bond motifs is 1. The van der Waals surface area contributed by atoms with E-state index in [0.29, 0.717) is 42.6 Å². The smallest absolute Gasteiger partial charge is 0.411 e. The zero-order valence-corrected chi connectivity index (χ0v) is 26.3. The van der Waals surface area contributed by atoms with E-state index in [0.717, 1.165) is 29.1 Å². The third kappa shape index (κ3) is 7.02. The summed E-state index contributed by atoms with van der Waals surface area (Å²) in [5.41, 5.74) is 3.17. The van der Waals surface area contributed by atoms with Crippen LogP contribution in [0.2, 0.25) is 0 Å². The summed E-state index contributed by atoms with van der Waals surface area (Å²) in [7, 11) is -1.70. The molecule has 0 aliphatic heterocycles. The molecule has 1 heterocycles. The summed E-state index contributed by atoms with van der Waals surface area (Å²) in [6, 6.07) is 8.97. The van der Waals surface area contributed by atoms with E-state index in [1.54, 1.807) is 39.1 Å². The predicted octanol–water partition coefficient (Wildman–Crippen LogP) is 4.36. The number of nitrogens with one attached hydrogen (secondary N) is 4. The topological polar surface area (TPSA) is 180 Å². The SMILES string of the molecule is CNCc1cc(NC(=O)OCCc2c(C)cc(C(Nc3cc4c(=O)[nH]cnc4cc3F)C(=O)O)cc2C)ccc1S(=O)(=O)C1CC1. The highest BCUT2D eigenvalue weighted by Gasteiger charge is 2.38. The van der Waals surface area contributed by atoms with Crippen LogP contribution in [0.15, 0.2) is 58.5 Å². The van der Waals surface area contributed by atoms with E-state index >= 15 is 0 Å². The maximum Gasteiger partial charge on any atom is 0.411 e.